The van der Waals surface area contributed by atoms with E-state index in [1.807, 2.05) is 11.9 Å². The minimum Gasteiger partial charge on any atom is -0.466 e. The summed E-state index contributed by atoms with van der Waals surface area (Å²) in [5.41, 5.74) is 0.581. The first-order valence-corrected chi connectivity index (χ1v) is 3.25. The zero-order valence-corrected chi connectivity index (χ0v) is 9.31. The molecule has 0 N–H and O–H groups in total. The van der Waals surface area contributed by atoms with Crippen molar-refractivity contribution in [3.63, 3.8) is 0 Å². The van der Waals surface area contributed by atoms with Crippen molar-refractivity contribution in [3.8, 4) is 0 Å². The Kier molecular flexibility index (Phi) is 4.87. The van der Waals surface area contributed by atoms with Crippen LogP contribution in [0.3, 0.4) is 0 Å². The zero-order valence-electron chi connectivity index (χ0n) is 6.98. The number of carbonyl (C=O) groups excluding carboxylic acids is 1. The Balaban J connectivity index is 0.00000121. The van der Waals surface area contributed by atoms with Gasteiger partial charge in [0.05, 0.1) is 25.6 Å². The van der Waals surface area contributed by atoms with Crippen molar-refractivity contribution >= 4 is 36.3 Å². The van der Waals surface area contributed by atoms with E-state index in [1.165, 1.54) is 13.3 Å². The Bertz CT molecular complexity index is 225. The minimum absolute atomic E-state index is 0. The molecule has 0 fully saturated rings. The van der Waals surface area contributed by atoms with E-state index in [9.17, 15) is 4.79 Å². The number of esters is 1. The second-order valence-corrected chi connectivity index (χ2v) is 2.33. The van der Waals surface area contributed by atoms with Gasteiger partial charge in [-0.25, -0.2) is 9.79 Å². The molecule has 0 saturated heterocycles. The van der Waals surface area contributed by atoms with E-state index in [0.29, 0.717) is 12.1 Å². The summed E-state index contributed by atoms with van der Waals surface area (Å²) in [6.45, 7) is 0.566. The van der Waals surface area contributed by atoms with Gasteiger partial charge in [0.15, 0.2) is 0 Å². The highest BCUT2D eigenvalue weighted by Gasteiger charge is 2.12. The molecule has 5 heteroatoms. The third kappa shape index (κ3) is 2.80. The molecule has 0 saturated carbocycles. The van der Waals surface area contributed by atoms with E-state index in [0.717, 1.165) is 0 Å². The van der Waals surface area contributed by atoms with Crippen LogP contribution >= 0.6 is 24.0 Å². The molecule has 0 unspecified atom stereocenters. The van der Waals surface area contributed by atoms with E-state index in [4.69, 9.17) is 0 Å². The first kappa shape index (κ1) is 11.4. The fraction of sp³-hybridized carbons (Fsp3) is 0.429. The predicted molar refractivity (Wildman–Crippen MR) is 56.6 cm³/mol. The maximum atomic E-state index is 10.9. The lowest BCUT2D eigenvalue weighted by Crippen LogP contribution is -2.25. The fourth-order valence-corrected chi connectivity index (χ4v) is 0.836. The molecule has 0 aliphatic carbocycles. The molecule has 68 valence electrons. The smallest absolute Gasteiger partial charge is 0.337 e. The molecule has 0 aromatic rings. The van der Waals surface area contributed by atoms with Crippen molar-refractivity contribution in [2.75, 3.05) is 20.7 Å². The number of hydrogen-bond acceptors (Lipinski definition) is 4. The Morgan fingerprint density at radius 1 is 1.75 bits per heavy atom. The van der Waals surface area contributed by atoms with Crippen molar-refractivity contribution in [1.82, 2.24) is 4.90 Å². The van der Waals surface area contributed by atoms with Crippen molar-refractivity contribution in [2.45, 2.75) is 0 Å². The van der Waals surface area contributed by atoms with Gasteiger partial charge in [0.1, 0.15) is 0 Å². The number of aliphatic imine (C=N–C) groups is 1. The van der Waals surface area contributed by atoms with E-state index in [2.05, 4.69) is 9.73 Å². The van der Waals surface area contributed by atoms with Crippen molar-refractivity contribution in [2.24, 2.45) is 4.99 Å². The summed E-state index contributed by atoms with van der Waals surface area (Å²) >= 11 is 0. The van der Waals surface area contributed by atoms with Gasteiger partial charge in [0.2, 0.25) is 0 Å². The fourth-order valence-electron chi connectivity index (χ4n) is 0.836. The summed E-state index contributed by atoms with van der Waals surface area (Å²) < 4.78 is 4.53. The highest BCUT2D eigenvalue weighted by atomic mass is 127. The average molecular weight is 282 g/mol. The summed E-state index contributed by atoms with van der Waals surface area (Å²) in [6, 6.07) is 0. The van der Waals surface area contributed by atoms with E-state index in [-0.39, 0.29) is 29.9 Å². The monoisotopic (exact) mass is 282 g/mol. The van der Waals surface area contributed by atoms with Gasteiger partial charge in [0, 0.05) is 13.2 Å². The van der Waals surface area contributed by atoms with Gasteiger partial charge in [0.25, 0.3) is 0 Å². The Labute approximate surface area is 88.3 Å². The van der Waals surface area contributed by atoms with Crippen LogP contribution in [-0.4, -0.2) is 37.9 Å². The molecule has 0 spiro atoms. The minimum atomic E-state index is -0.311. The lowest BCUT2D eigenvalue weighted by Gasteiger charge is -2.16. The van der Waals surface area contributed by atoms with Crippen LogP contribution in [-0.2, 0) is 9.53 Å². The number of carbonyl (C=O) groups is 1. The van der Waals surface area contributed by atoms with Crippen molar-refractivity contribution < 1.29 is 9.53 Å². The van der Waals surface area contributed by atoms with Crippen LogP contribution in [0.2, 0.25) is 0 Å². The number of likely N-dealkylation sites (N-methyl/N-ethyl adjacent to an activating group) is 1. The molecule has 0 aromatic heterocycles. The Morgan fingerprint density at radius 3 is 2.92 bits per heavy atom. The van der Waals surface area contributed by atoms with Crippen LogP contribution in [0.15, 0.2) is 16.8 Å². The lowest BCUT2D eigenvalue weighted by atomic mass is 10.2. The Morgan fingerprint density at radius 2 is 2.42 bits per heavy atom. The third-order valence-corrected chi connectivity index (χ3v) is 1.36. The van der Waals surface area contributed by atoms with Crippen LogP contribution in [0.4, 0.5) is 0 Å². The van der Waals surface area contributed by atoms with Gasteiger partial charge in [-0.15, -0.1) is 24.0 Å². The lowest BCUT2D eigenvalue weighted by molar-refractivity contribution is -0.136. The molecule has 0 amide bonds. The number of ether oxygens (including phenoxy) is 1. The standard InChI is InChI=1S/C7H10N2O2.HI/c1-9-4-6(3-8-5-9)7(10)11-2;/h3,5H,4H2,1-2H3;1H. The van der Waals surface area contributed by atoms with Gasteiger partial charge in [-0.2, -0.15) is 0 Å². The highest BCUT2D eigenvalue weighted by molar-refractivity contribution is 14.0. The first-order valence-electron chi connectivity index (χ1n) is 3.25. The molecule has 0 radical (unpaired) electrons. The quantitative estimate of drug-likeness (QED) is 0.523. The van der Waals surface area contributed by atoms with E-state index in [1.54, 1.807) is 6.34 Å². The molecule has 0 atom stereocenters. The highest BCUT2D eigenvalue weighted by Crippen LogP contribution is 2.03. The van der Waals surface area contributed by atoms with E-state index < -0.39 is 0 Å². The molecule has 1 heterocycles. The molecular weight excluding hydrogens is 271 g/mol. The molecule has 1 aliphatic heterocycles. The van der Waals surface area contributed by atoms with Gasteiger partial charge < -0.3 is 9.64 Å². The maximum Gasteiger partial charge on any atom is 0.337 e. The van der Waals surface area contributed by atoms with Crippen molar-refractivity contribution in [1.29, 1.82) is 0 Å². The maximum absolute atomic E-state index is 10.9. The Hall–Kier alpha value is -0.590. The summed E-state index contributed by atoms with van der Waals surface area (Å²) in [5.74, 6) is -0.311. The number of hydrogen-bond donors (Lipinski definition) is 0. The molecule has 1 aliphatic rings. The van der Waals surface area contributed by atoms with Gasteiger partial charge >= 0.3 is 5.97 Å². The molecule has 4 nitrogen and oxygen atoms in total. The second-order valence-electron chi connectivity index (χ2n) is 2.33. The van der Waals surface area contributed by atoms with Gasteiger partial charge in [-0.05, 0) is 0 Å². The number of methoxy groups -OCH3 is 1. The summed E-state index contributed by atoms with van der Waals surface area (Å²) in [5, 5.41) is 0. The van der Waals surface area contributed by atoms with Crippen LogP contribution in [0.1, 0.15) is 0 Å². The summed E-state index contributed by atoms with van der Waals surface area (Å²) in [6.07, 6.45) is 3.18. The number of rotatable bonds is 1. The molecule has 0 aromatic carbocycles. The number of nitrogens with zero attached hydrogens (tertiary/aromatic N) is 2. The largest absolute Gasteiger partial charge is 0.466 e. The molecular formula is C7H11IN2O2. The topological polar surface area (TPSA) is 41.9 Å². The van der Waals surface area contributed by atoms with Crippen LogP contribution < -0.4 is 0 Å². The third-order valence-electron chi connectivity index (χ3n) is 1.36. The summed E-state index contributed by atoms with van der Waals surface area (Å²) in [4.78, 5) is 16.6. The summed E-state index contributed by atoms with van der Waals surface area (Å²) in [7, 11) is 3.21. The van der Waals surface area contributed by atoms with Gasteiger partial charge in [-0.3, -0.25) is 0 Å². The number of halogens is 1. The molecule has 12 heavy (non-hydrogen) atoms. The second kappa shape index (κ2) is 5.13. The van der Waals surface area contributed by atoms with Crippen LogP contribution in [0.25, 0.3) is 0 Å². The van der Waals surface area contributed by atoms with Crippen molar-refractivity contribution in [3.05, 3.63) is 11.8 Å². The molecule has 0 bridgehead atoms. The predicted octanol–water partition coefficient (Wildman–Crippen LogP) is 0.635. The molecule has 1 rings (SSSR count). The normalized spacial score (nSPS) is 14.8. The van der Waals surface area contributed by atoms with Gasteiger partial charge in [-0.1, -0.05) is 0 Å². The van der Waals surface area contributed by atoms with Crippen LogP contribution in [0, 0.1) is 0 Å². The first-order chi connectivity index (χ1) is 5.24. The average Bonchev–Trinajstić information content (AvgIpc) is 2.03. The van der Waals surface area contributed by atoms with E-state index >= 15 is 0 Å². The zero-order chi connectivity index (χ0) is 8.27. The van der Waals surface area contributed by atoms with Crippen LogP contribution in [0.5, 0.6) is 0 Å². The SMILES string of the molecule is COC(=O)C1=CN=CN(C)C1.I.